The Kier molecular flexibility index (Phi) is 3.67. The van der Waals surface area contributed by atoms with Gasteiger partial charge in [-0.05, 0) is 42.3 Å². The lowest BCUT2D eigenvalue weighted by molar-refractivity contribution is 0.475. The van der Waals surface area contributed by atoms with Crippen LogP contribution in [0, 0.1) is 24.1 Å². The molecule has 2 aromatic carbocycles. The Morgan fingerprint density at radius 2 is 1.89 bits per heavy atom. The number of hydrogen-bond acceptors (Lipinski definition) is 3. The number of hydrogen-bond donors (Lipinski definition) is 1. The molecule has 0 aliphatic carbocycles. The second-order valence-corrected chi connectivity index (χ2v) is 4.21. The van der Waals surface area contributed by atoms with Crippen LogP contribution in [0.5, 0.6) is 11.5 Å². The van der Waals surface area contributed by atoms with E-state index in [1.807, 2.05) is 6.07 Å². The van der Waals surface area contributed by atoms with Crippen LogP contribution in [-0.4, -0.2) is 0 Å². The molecule has 0 bridgehead atoms. The standard InChI is InChI=1S/C15H13FN2O/c1-10-2-3-13(9-14(10)16)19-12-4-5-15(18)11(8-12)6-7-17/h2-5,8-9H,6,18H2,1H3. The Labute approximate surface area is 111 Å². The first-order valence-corrected chi connectivity index (χ1v) is 5.79. The summed E-state index contributed by atoms with van der Waals surface area (Å²) in [6, 6.07) is 11.8. The van der Waals surface area contributed by atoms with Crippen molar-refractivity contribution in [3.8, 4) is 17.6 Å². The fourth-order valence-corrected chi connectivity index (χ4v) is 1.66. The van der Waals surface area contributed by atoms with Crippen LogP contribution in [0.2, 0.25) is 0 Å². The van der Waals surface area contributed by atoms with E-state index >= 15 is 0 Å². The van der Waals surface area contributed by atoms with Crippen LogP contribution >= 0.6 is 0 Å². The van der Waals surface area contributed by atoms with E-state index in [0.29, 0.717) is 28.3 Å². The number of anilines is 1. The van der Waals surface area contributed by atoms with Gasteiger partial charge in [0.1, 0.15) is 17.3 Å². The largest absolute Gasteiger partial charge is 0.457 e. The van der Waals surface area contributed by atoms with Crippen molar-refractivity contribution in [2.24, 2.45) is 0 Å². The van der Waals surface area contributed by atoms with Crippen LogP contribution in [0.15, 0.2) is 36.4 Å². The van der Waals surface area contributed by atoms with Crippen LogP contribution in [0.3, 0.4) is 0 Å². The SMILES string of the molecule is Cc1ccc(Oc2ccc(N)c(CC#N)c2)cc1F. The van der Waals surface area contributed by atoms with Crippen LogP contribution in [0.4, 0.5) is 10.1 Å². The monoisotopic (exact) mass is 256 g/mol. The number of rotatable bonds is 3. The Bertz CT molecular complexity index is 647. The number of benzene rings is 2. The van der Waals surface area contributed by atoms with Gasteiger partial charge in [0.2, 0.25) is 0 Å². The molecular formula is C15H13FN2O. The van der Waals surface area contributed by atoms with Crippen molar-refractivity contribution in [1.82, 2.24) is 0 Å². The van der Waals surface area contributed by atoms with Crippen LogP contribution < -0.4 is 10.5 Å². The molecule has 0 unspecified atom stereocenters. The van der Waals surface area contributed by atoms with Crippen molar-refractivity contribution in [1.29, 1.82) is 5.26 Å². The zero-order chi connectivity index (χ0) is 13.8. The molecule has 0 aromatic heterocycles. The van der Waals surface area contributed by atoms with Crippen LogP contribution in [0.25, 0.3) is 0 Å². The molecule has 0 aliphatic heterocycles. The summed E-state index contributed by atoms with van der Waals surface area (Å²) in [7, 11) is 0. The number of nitrogen functional groups attached to an aromatic ring is 1. The Hall–Kier alpha value is -2.54. The maximum absolute atomic E-state index is 13.4. The molecule has 0 amide bonds. The summed E-state index contributed by atoms with van der Waals surface area (Å²) in [6.07, 6.45) is 0.214. The van der Waals surface area contributed by atoms with Gasteiger partial charge in [0.25, 0.3) is 0 Å². The lowest BCUT2D eigenvalue weighted by Gasteiger charge is -2.09. The summed E-state index contributed by atoms with van der Waals surface area (Å²) < 4.78 is 19.0. The third kappa shape index (κ3) is 3.02. The summed E-state index contributed by atoms with van der Waals surface area (Å²) in [5.41, 5.74) is 7.56. The normalized spacial score (nSPS) is 9.95. The highest BCUT2D eigenvalue weighted by molar-refractivity contribution is 5.52. The first-order chi connectivity index (χ1) is 9.10. The average molecular weight is 256 g/mol. The fourth-order valence-electron chi connectivity index (χ4n) is 1.66. The lowest BCUT2D eigenvalue weighted by atomic mass is 10.1. The van der Waals surface area contributed by atoms with Crippen molar-refractivity contribution >= 4 is 5.69 Å². The maximum Gasteiger partial charge on any atom is 0.130 e. The van der Waals surface area contributed by atoms with Crippen molar-refractivity contribution in [3.05, 3.63) is 53.3 Å². The van der Waals surface area contributed by atoms with Crippen molar-refractivity contribution in [2.45, 2.75) is 13.3 Å². The number of nitrogens with zero attached hydrogens (tertiary/aromatic N) is 1. The molecule has 0 fully saturated rings. The number of nitrogens with two attached hydrogens (primary N) is 1. The Morgan fingerprint density at radius 3 is 2.58 bits per heavy atom. The van der Waals surface area contributed by atoms with E-state index < -0.39 is 0 Å². The molecule has 2 N–H and O–H groups in total. The zero-order valence-electron chi connectivity index (χ0n) is 10.5. The van der Waals surface area contributed by atoms with E-state index in [1.165, 1.54) is 6.07 Å². The van der Waals surface area contributed by atoms with Crippen LogP contribution in [-0.2, 0) is 6.42 Å². The first-order valence-electron chi connectivity index (χ1n) is 5.79. The predicted octanol–water partition coefficient (Wildman–Crippen LogP) is 3.57. The van der Waals surface area contributed by atoms with Crippen molar-refractivity contribution < 1.29 is 9.13 Å². The van der Waals surface area contributed by atoms with Gasteiger partial charge in [-0.25, -0.2) is 4.39 Å². The molecule has 96 valence electrons. The molecule has 2 aromatic rings. The number of ether oxygens (including phenoxy) is 1. The van der Waals surface area contributed by atoms with Crippen molar-refractivity contribution in [2.75, 3.05) is 5.73 Å². The Morgan fingerprint density at radius 1 is 1.21 bits per heavy atom. The smallest absolute Gasteiger partial charge is 0.130 e. The topological polar surface area (TPSA) is 59.0 Å². The molecule has 3 nitrogen and oxygen atoms in total. The minimum atomic E-state index is -0.315. The lowest BCUT2D eigenvalue weighted by Crippen LogP contribution is -1.94. The van der Waals surface area contributed by atoms with E-state index in [9.17, 15) is 4.39 Å². The van der Waals surface area contributed by atoms with Crippen LogP contribution in [0.1, 0.15) is 11.1 Å². The van der Waals surface area contributed by atoms with E-state index in [-0.39, 0.29) is 12.2 Å². The first kappa shape index (κ1) is 12.9. The molecule has 0 saturated heterocycles. The second-order valence-electron chi connectivity index (χ2n) is 4.21. The summed E-state index contributed by atoms with van der Waals surface area (Å²) in [5, 5.41) is 8.70. The number of aryl methyl sites for hydroxylation is 1. The molecular weight excluding hydrogens is 243 g/mol. The molecule has 0 saturated carbocycles. The summed E-state index contributed by atoms with van der Waals surface area (Å²) in [4.78, 5) is 0. The van der Waals surface area contributed by atoms with E-state index in [1.54, 1.807) is 37.3 Å². The Balaban J connectivity index is 2.25. The minimum Gasteiger partial charge on any atom is -0.457 e. The molecule has 2 rings (SSSR count). The maximum atomic E-state index is 13.4. The summed E-state index contributed by atoms with van der Waals surface area (Å²) in [6.45, 7) is 1.69. The fraction of sp³-hybridized carbons (Fsp3) is 0.133. The second kappa shape index (κ2) is 5.40. The highest BCUT2D eigenvalue weighted by Crippen LogP contribution is 2.26. The van der Waals surface area contributed by atoms with Gasteiger partial charge in [-0.1, -0.05) is 6.07 Å². The van der Waals surface area contributed by atoms with E-state index in [0.717, 1.165) is 0 Å². The quantitative estimate of drug-likeness (QED) is 0.854. The molecule has 4 heteroatoms. The molecule has 0 atom stereocenters. The van der Waals surface area contributed by atoms with E-state index in [2.05, 4.69) is 0 Å². The summed E-state index contributed by atoms with van der Waals surface area (Å²) in [5.74, 6) is 0.628. The molecule has 0 spiro atoms. The average Bonchev–Trinajstić information content (AvgIpc) is 2.38. The molecule has 0 aliphatic rings. The highest BCUT2D eigenvalue weighted by Gasteiger charge is 2.05. The van der Waals surface area contributed by atoms with Gasteiger partial charge in [0.15, 0.2) is 0 Å². The van der Waals surface area contributed by atoms with E-state index in [4.69, 9.17) is 15.7 Å². The zero-order valence-corrected chi connectivity index (χ0v) is 10.5. The predicted molar refractivity (Wildman–Crippen MR) is 71.4 cm³/mol. The van der Waals surface area contributed by atoms with Gasteiger partial charge in [-0.15, -0.1) is 0 Å². The van der Waals surface area contributed by atoms with Crippen molar-refractivity contribution in [3.63, 3.8) is 0 Å². The van der Waals surface area contributed by atoms with Gasteiger partial charge in [-0.3, -0.25) is 0 Å². The van der Waals surface area contributed by atoms with Gasteiger partial charge in [-0.2, -0.15) is 5.26 Å². The molecule has 0 heterocycles. The van der Waals surface area contributed by atoms with Gasteiger partial charge in [0.05, 0.1) is 12.5 Å². The van der Waals surface area contributed by atoms with Gasteiger partial charge < -0.3 is 10.5 Å². The number of halogens is 1. The highest BCUT2D eigenvalue weighted by atomic mass is 19.1. The number of nitriles is 1. The molecule has 19 heavy (non-hydrogen) atoms. The third-order valence-corrected chi connectivity index (χ3v) is 2.76. The third-order valence-electron chi connectivity index (χ3n) is 2.76. The molecule has 0 radical (unpaired) electrons. The van der Waals surface area contributed by atoms with Gasteiger partial charge in [0, 0.05) is 11.8 Å². The van der Waals surface area contributed by atoms with Gasteiger partial charge >= 0.3 is 0 Å². The summed E-state index contributed by atoms with van der Waals surface area (Å²) >= 11 is 0. The minimum absolute atomic E-state index is 0.214.